The van der Waals surface area contributed by atoms with Crippen LogP contribution >= 0.6 is 0 Å². The van der Waals surface area contributed by atoms with Crippen LogP contribution in [0.5, 0.6) is 5.75 Å². The number of phenolic OH excluding ortho intramolecular Hbond substituents is 1. The van der Waals surface area contributed by atoms with Crippen LogP contribution in [0.25, 0.3) is 0 Å². The standard InChI is InChI=1S/C27H35N7O6/c1-30-20(23(37)34(2)21(22(28)36)15-17-7-4-3-5-8-17)9-6-14-31-25(29)32-24(38)27(33-26(39)40-27)16-18-10-12-19(35)13-11-18/h3-5,7-8,10-13,20-21,30,35H,6,9,14-16H2,1-2H3,(H2,28,36)(H,33,39)(H3,29,31,32,38)/t20-,21-,27+/m0/s1. The fourth-order valence-corrected chi connectivity index (χ4v) is 4.33. The number of amides is 4. The number of carbonyl (C=O) groups excluding carboxylic acids is 4. The molecule has 13 heteroatoms. The van der Waals surface area contributed by atoms with Crippen molar-refractivity contribution in [2.75, 3.05) is 20.6 Å². The van der Waals surface area contributed by atoms with E-state index in [1.807, 2.05) is 30.3 Å². The predicted molar refractivity (Wildman–Crippen MR) is 146 cm³/mol. The quantitative estimate of drug-likeness (QED) is 0.102. The van der Waals surface area contributed by atoms with E-state index in [2.05, 4.69) is 21.3 Å². The van der Waals surface area contributed by atoms with Crippen molar-refractivity contribution in [3.05, 3.63) is 65.7 Å². The minimum absolute atomic E-state index is 0.00577. The number of hydrogen-bond donors (Lipinski definition) is 7. The molecule has 3 atom stereocenters. The van der Waals surface area contributed by atoms with Crippen molar-refractivity contribution in [1.29, 1.82) is 5.41 Å². The van der Waals surface area contributed by atoms with Gasteiger partial charge in [0.2, 0.25) is 11.8 Å². The lowest BCUT2D eigenvalue weighted by molar-refractivity contribution is -0.153. The molecule has 2 aromatic carbocycles. The van der Waals surface area contributed by atoms with E-state index < -0.39 is 35.7 Å². The fraction of sp³-hybridized carbons (Fsp3) is 0.370. The zero-order valence-electron chi connectivity index (χ0n) is 22.4. The summed E-state index contributed by atoms with van der Waals surface area (Å²) in [5.41, 5.74) is 5.43. The first-order chi connectivity index (χ1) is 19.0. The highest BCUT2D eigenvalue weighted by molar-refractivity contribution is 6.03. The van der Waals surface area contributed by atoms with Gasteiger partial charge in [0.1, 0.15) is 11.8 Å². The third kappa shape index (κ3) is 7.69. The number of carbonyl (C=O) groups is 4. The SMILES string of the molecule is CN[C@@H](CCCNC(=N)NC(=O)[C@]1(Cc2ccc(O)cc2)NC(=O)O1)C(=O)N(C)[C@@H](Cc1ccccc1)C(N)=O. The lowest BCUT2D eigenvalue weighted by Gasteiger charge is -2.39. The Balaban J connectivity index is 1.47. The number of aromatic hydroxyl groups is 1. The Morgan fingerprint density at radius 1 is 1.12 bits per heavy atom. The number of nitrogens with one attached hydrogen (secondary N) is 5. The van der Waals surface area contributed by atoms with Crippen molar-refractivity contribution < 1.29 is 29.0 Å². The Morgan fingerprint density at radius 2 is 1.77 bits per heavy atom. The first kappa shape index (κ1) is 29.9. The summed E-state index contributed by atoms with van der Waals surface area (Å²) in [7, 11) is 3.19. The van der Waals surface area contributed by atoms with E-state index in [1.165, 1.54) is 17.0 Å². The number of primary amides is 1. The van der Waals surface area contributed by atoms with E-state index in [4.69, 9.17) is 15.9 Å². The van der Waals surface area contributed by atoms with Crippen LogP contribution < -0.4 is 27.0 Å². The Hall–Kier alpha value is -4.65. The van der Waals surface area contributed by atoms with E-state index in [-0.39, 0.29) is 30.6 Å². The summed E-state index contributed by atoms with van der Waals surface area (Å²) in [6, 6.07) is 14.0. The molecule has 4 amide bonds. The van der Waals surface area contributed by atoms with E-state index >= 15 is 0 Å². The molecule has 0 spiro atoms. The molecule has 13 nitrogen and oxygen atoms in total. The van der Waals surface area contributed by atoms with Crippen LogP contribution in [-0.2, 0) is 32.0 Å². The lowest BCUT2D eigenvalue weighted by atomic mass is 9.99. The van der Waals surface area contributed by atoms with Gasteiger partial charge in [-0.2, -0.15) is 0 Å². The zero-order chi connectivity index (χ0) is 29.3. The number of benzene rings is 2. The number of guanidine groups is 1. The summed E-state index contributed by atoms with van der Waals surface area (Å²) in [6.45, 7) is 0.260. The average Bonchev–Trinajstić information content (AvgIpc) is 2.91. The maximum Gasteiger partial charge on any atom is 0.413 e. The summed E-state index contributed by atoms with van der Waals surface area (Å²) in [5.74, 6) is -1.88. The first-order valence-electron chi connectivity index (χ1n) is 12.7. The number of rotatable bonds is 13. The molecule has 8 N–H and O–H groups in total. The molecule has 214 valence electrons. The third-order valence-electron chi connectivity index (χ3n) is 6.60. The van der Waals surface area contributed by atoms with Crippen molar-refractivity contribution in [3.63, 3.8) is 0 Å². The molecule has 3 rings (SSSR count). The maximum absolute atomic E-state index is 13.1. The summed E-state index contributed by atoms with van der Waals surface area (Å²) in [5, 5.41) is 28.0. The van der Waals surface area contributed by atoms with Crippen LogP contribution in [0.3, 0.4) is 0 Å². The second-order valence-corrected chi connectivity index (χ2v) is 9.48. The van der Waals surface area contributed by atoms with Crippen LogP contribution in [0.1, 0.15) is 24.0 Å². The second kappa shape index (κ2) is 13.4. The molecule has 1 aliphatic heterocycles. The van der Waals surface area contributed by atoms with Crippen molar-refractivity contribution >= 4 is 29.8 Å². The van der Waals surface area contributed by atoms with E-state index in [0.29, 0.717) is 24.8 Å². The smallest absolute Gasteiger partial charge is 0.413 e. The molecule has 40 heavy (non-hydrogen) atoms. The fourth-order valence-electron chi connectivity index (χ4n) is 4.33. The molecule has 0 aromatic heterocycles. The number of phenols is 1. The van der Waals surface area contributed by atoms with Gasteiger partial charge >= 0.3 is 6.09 Å². The van der Waals surface area contributed by atoms with Crippen LogP contribution in [0, 0.1) is 5.41 Å². The highest BCUT2D eigenvalue weighted by atomic mass is 16.6. The Kier molecular flexibility index (Phi) is 10.0. The summed E-state index contributed by atoms with van der Waals surface area (Å²) >= 11 is 0. The molecule has 1 fully saturated rings. The molecule has 1 heterocycles. The summed E-state index contributed by atoms with van der Waals surface area (Å²) in [6.07, 6.45) is 0.368. The molecule has 2 aromatic rings. The highest BCUT2D eigenvalue weighted by Crippen LogP contribution is 2.24. The van der Waals surface area contributed by atoms with Gasteiger partial charge in [-0.1, -0.05) is 42.5 Å². The van der Waals surface area contributed by atoms with Gasteiger partial charge in [-0.3, -0.25) is 30.4 Å². The molecule has 0 saturated carbocycles. The highest BCUT2D eigenvalue weighted by Gasteiger charge is 2.52. The number of nitrogens with two attached hydrogens (primary N) is 1. The molecule has 1 saturated heterocycles. The van der Waals surface area contributed by atoms with Crippen molar-refractivity contribution in [3.8, 4) is 5.75 Å². The Labute approximate surface area is 231 Å². The van der Waals surface area contributed by atoms with Crippen LogP contribution in [0.4, 0.5) is 4.79 Å². The van der Waals surface area contributed by atoms with Gasteiger partial charge in [0.25, 0.3) is 11.6 Å². The van der Waals surface area contributed by atoms with Crippen molar-refractivity contribution in [1.82, 2.24) is 26.2 Å². The van der Waals surface area contributed by atoms with Crippen LogP contribution in [0.15, 0.2) is 54.6 Å². The maximum atomic E-state index is 13.1. The Morgan fingerprint density at radius 3 is 2.35 bits per heavy atom. The first-order valence-corrected chi connectivity index (χ1v) is 12.7. The summed E-state index contributed by atoms with van der Waals surface area (Å²) < 4.78 is 5.09. The largest absolute Gasteiger partial charge is 0.508 e. The average molecular weight is 554 g/mol. The number of cyclic esters (lactones) is 1. The normalized spacial score (nSPS) is 17.3. The second-order valence-electron chi connectivity index (χ2n) is 9.48. The number of ether oxygens (including phenoxy) is 1. The van der Waals surface area contributed by atoms with Crippen LogP contribution in [0.2, 0.25) is 0 Å². The van der Waals surface area contributed by atoms with Gasteiger partial charge in [0.15, 0.2) is 5.96 Å². The molecule has 0 unspecified atom stereocenters. The van der Waals surface area contributed by atoms with Gasteiger partial charge in [-0.25, -0.2) is 4.79 Å². The van der Waals surface area contributed by atoms with Gasteiger partial charge in [0, 0.05) is 26.4 Å². The number of likely N-dealkylation sites (N-methyl/N-ethyl adjacent to an activating group) is 2. The predicted octanol–water partition coefficient (Wildman–Crippen LogP) is -0.0654. The van der Waals surface area contributed by atoms with Gasteiger partial charge in [-0.15, -0.1) is 0 Å². The van der Waals surface area contributed by atoms with Crippen molar-refractivity contribution in [2.45, 2.75) is 43.5 Å². The minimum atomic E-state index is -1.67. The van der Waals surface area contributed by atoms with Gasteiger partial charge < -0.3 is 31.1 Å². The summed E-state index contributed by atoms with van der Waals surface area (Å²) in [4.78, 5) is 50.8. The number of nitrogens with zero attached hydrogens (tertiary/aromatic N) is 1. The third-order valence-corrected chi connectivity index (χ3v) is 6.60. The van der Waals surface area contributed by atoms with Gasteiger partial charge in [-0.05, 0) is 43.1 Å². The molecular weight excluding hydrogens is 518 g/mol. The number of hydrogen-bond acceptors (Lipinski definition) is 8. The lowest BCUT2D eigenvalue weighted by Crippen LogP contribution is -2.72. The van der Waals surface area contributed by atoms with E-state index in [0.717, 1.165) is 5.56 Å². The molecule has 0 aliphatic carbocycles. The monoisotopic (exact) mass is 553 g/mol. The molecule has 0 bridgehead atoms. The molecule has 0 radical (unpaired) electrons. The van der Waals surface area contributed by atoms with E-state index in [9.17, 15) is 24.3 Å². The topological polar surface area (TPSA) is 199 Å². The minimum Gasteiger partial charge on any atom is -0.508 e. The zero-order valence-corrected chi connectivity index (χ0v) is 22.4. The Bertz CT molecular complexity index is 1210. The van der Waals surface area contributed by atoms with E-state index in [1.54, 1.807) is 26.2 Å². The molecular formula is C27H35N7O6. The van der Waals surface area contributed by atoms with Crippen molar-refractivity contribution in [2.24, 2.45) is 5.73 Å². The van der Waals surface area contributed by atoms with Gasteiger partial charge in [0.05, 0.1) is 6.04 Å². The molecule has 1 aliphatic rings. The van der Waals surface area contributed by atoms with Crippen LogP contribution in [-0.4, -0.2) is 78.2 Å².